The molecule has 94 valence electrons. The van der Waals surface area contributed by atoms with Gasteiger partial charge in [-0.05, 0) is 29.7 Å². The van der Waals surface area contributed by atoms with Crippen LogP contribution in [0.1, 0.15) is 28.3 Å². The van der Waals surface area contributed by atoms with Crippen LogP contribution in [0, 0.1) is 6.92 Å². The monoisotopic (exact) mass is 249 g/mol. The fraction of sp³-hybridized carbons (Fsp3) is 0.125. The molecule has 1 atom stereocenters. The molecule has 3 aromatic rings. The fourth-order valence-corrected chi connectivity index (χ4v) is 2.41. The summed E-state index contributed by atoms with van der Waals surface area (Å²) in [7, 11) is 0. The smallest absolute Gasteiger partial charge is 0.0922 e. The van der Waals surface area contributed by atoms with Gasteiger partial charge in [0.15, 0.2) is 0 Å². The molecule has 0 fully saturated rings. The lowest BCUT2D eigenvalue weighted by molar-refractivity contribution is 0.912. The number of benzene rings is 1. The van der Waals surface area contributed by atoms with E-state index in [-0.39, 0.29) is 5.92 Å². The van der Waals surface area contributed by atoms with Crippen LogP contribution in [0.4, 0.5) is 0 Å². The van der Waals surface area contributed by atoms with E-state index < -0.39 is 0 Å². The van der Waals surface area contributed by atoms with Gasteiger partial charge in [-0.2, -0.15) is 0 Å². The zero-order valence-corrected chi connectivity index (χ0v) is 10.7. The molecule has 0 radical (unpaired) electrons. The van der Waals surface area contributed by atoms with E-state index in [4.69, 9.17) is 0 Å². The van der Waals surface area contributed by atoms with E-state index in [1.807, 2.05) is 18.5 Å². The number of nitrogens with zero attached hydrogens (tertiary/aromatic N) is 2. The van der Waals surface area contributed by atoms with Crippen LogP contribution < -0.4 is 0 Å². The van der Waals surface area contributed by atoms with Gasteiger partial charge in [0.05, 0.1) is 12.2 Å². The van der Waals surface area contributed by atoms with Crippen molar-refractivity contribution < 1.29 is 0 Å². The number of aryl methyl sites for hydroxylation is 1. The van der Waals surface area contributed by atoms with E-state index in [2.05, 4.69) is 52.2 Å². The first-order chi connectivity index (χ1) is 9.36. The molecule has 2 aromatic heterocycles. The van der Waals surface area contributed by atoms with Crippen molar-refractivity contribution in [1.29, 1.82) is 0 Å². The summed E-state index contributed by atoms with van der Waals surface area (Å²) in [5.41, 5.74) is 4.80. The molecule has 0 aliphatic heterocycles. The first-order valence-electron chi connectivity index (χ1n) is 6.30. The molecule has 0 aliphatic rings. The van der Waals surface area contributed by atoms with Gasteiger partial charge in [0, 0.05) is 24.3 Å². The maximum Gasteiger partial charge on any atom is 0.0922 e. The van der Waals surface area contributed by atoms with Gasteiger partial charge < -0.3 is 4.98 Å². The van der Waals surface area contributed by atoms with Crippen LogP contribution in [-0.4, -0.2) is 15.0 Å². The van der Waals surface area contributed by atoms with Crippen molar-refractivity contribution in [1.82, 2.24) is 15.0 Å². The number of aromatic amines is 1. The van der Waals surface area contributed by atoms with Crippen molar-refractivity contribution >= 4 is 0 Å². The second kappa shape index (κ2) is 5.06. The van der Waals surface area contributed by atoms with Gasteiger partial charge in [0.25, 0.3) is 0 Å². The number of pyridine rings is 1. The van der Waals surface area contributed by atoms with Crippen LogP contribution in [0.15, 0.2) is 61.3 Å². The van der Waals surface area contributed by atoms with Gasteiger partial charge in [0.2, 0.25) is 0 Å². The maximum atomic E-state index is 4.24. The van der Waals surface area contributed by atoms with E-state index in [0.29, 0.717) is 0 Å². The summed E-state index contributed by atoms with van der Waals surface area (Å²) in [6.07, 6.45) is 7.31. The third-order valence-corrected chi connectivity index (χ3v) is 3.35. The molecular formula is C16H15N3. The van der Waals surface area contributed by atoms with Crippen LogP contribution in [0.2, 0.25) is 0 Å². The Kier molecular flexibility index (Phi) is 3.11. The number of hydrogen-bond acceptors (Lipinski definition) is 2. The Labute approximate surface area is 112 Å². The molecule has 3 rings (SSSR count). The van der Waals surface area contributed by atoms with Crippen molar-refractivity contribution in [2.75, 3.05) is 0 Å². The molecule has 0 aliphatic carbocycles. The topological polar surface area (TPSA) is 41.6 Å². The predicted octanol–water partition coefficient (Wildman–Crippen LogP) is 3.29. The number of hydrogen-bond donors (Lipinski definition) is 1. The van der Waals surface area contributed by atoms with Gasteiger partial charge in [-0.15, -0.1) is 0 Å². The summed E-state index contributed by atoms with van der Waals surface area (Å²) < 4.78 is 0. The lowest BCUT2D eigenvalue weighted by Crippen LogP contribution is -2.06. The molecule has 0 amide bonds. The molecular weight excluding hydrogens is 234 g/mol. The third kappa shape index (κ3) is 2.27. The van der Waals surface area contributed by atoms with Gasteiger partial charge in [0.1, 0.15) is 0 Å². The van der Waals surface area contributed by atoms with Crippen LogP contribution in [0.25, 0.3) is 0 Å². The number of H-pyrrole nitrogens is 1. The van der Waals surface area contributed by atoms with Crippen molar-refractivity contribution in [3.8, 4) is 0 Å². The van der Waals surface area contributed by atoms with Crippen LogP contribution in [0.3, 0.4) is 0 Å². The van der Waals surface area contributed by atoms with Crippen molar-refractivity contribution in [3.05, 3.63) is 83.7 Å². The fourth-order valence-electron chi connectivity index (χ4n) is 2.41. The Morgan fingerprint density at radius 3 is 2.58 bits per heavy atom. The Morgan fingerprint density at radius 2 is 1.89 bits per heavy atom. The van der Waals surface area contributed by atoms with Gasteiger partial charge in [-0.1, -0.05) is 30.3 Å². The molecule has 0 saturated heterocycles. The molecule has 19 heavy (non-hydrogen) atoms. The highest BCUT2D eigenvalue weighted by molar-refractivity contribution is 5.42. The second-order valence-electron chi connectivity index (χ2n) is 4.58. The van der Waals surface area contributed by atoms with E-state index in [9.17, 15) is 0 Å². The molecule has 0 bridgehead atoms. The zero-order valence-electron chi connectivity index (χ0n) is 10.7. The number of rotatable bonds is 3. The molecule has 1 unspecified atom stereocenters. The molecule has 1 N–H and O–H groups in total. The van der Waals surface area contributed by atoms with E-state index >= 15 is 0 Å². The number of nitrogens with one attached hydrogen (secondary N) is 1. The molecule has 1 aromatic carbocycles. The number of aromatic nitrogens is 3. The SMILES string of the molecule is Cc1ccccc1C(c1cccnc1)c1cnc[nH]1. The standard InChI is InChI=1S/C16H15N3/c1-12-5-2-3-7-14(12)16(15-10-18-11-19-15)13-6-4-8-17-9-13/h2-11,16H,1H3,(H,18,19). The largest absolute Gasteiger partial charge is 0.348 e. The normalized spacial score (nSPS) is 12.3. The highest BCUT2D eigenvalue weighted by Gasteiger charge is 2.19. The summed E-state index contributed by atoms with van der Waals surface area (Å²) in [5, 5.41) is 0. The van der Waals surface area contributed by atoms with Crippen LogP contribution in [0.5, 0.6) is 0 Å². The minimum atomic E-state index is 0.150. The summed E-state index contributed by atoms with van der Waals surface area (Å²) in [4.78, 5) is 11.6. The first-order valence-corrected chi connectivity index (χ1v) is 6.30. The second-order valence-corrected chi connectivity index (χ2v) is 4.58. The summed E-state index contributed by atoms with van der Waals surface area (Å²) in [5.74, 6) is 0.150. The minimum Gasteiger partial charge on any atom is -0.348 e. The van der Waals surface area contributed by atoms with Gasteiger partial charge >= 0.3 is 0 Å². The zero-order chi connectivity index (χ0) is 13.1. The van der Waals surface area contributed by atoms with Crippen molar-refractivity contribution in [3.63, 3.8) is 0 Å². The highest BCUT2D eigenvalue weighted by atomic mass is 14.9. The van der Waals surface area contributed by atoms with Gasteiger partial charge in [-0.3, -0.25) is 4.98 Å². The highest BCUT2D eigenvalue weighted by Crippen LogP contribution is 2.31. The van der Waals surface area contributed by atoms with E-state index in [1.54, 1.807) is 12.5 Å². The summed E-state index contributed by atoms with van der Waals surface area (Å²) in [6.45, 7) is 2.13. The van der Waals surface area contributed by atoms with Crippen molar-refractivity contribution in [2.45, 2.75) is 12.8 Å². The van der Waals surface area contributed by atoms with Crippen molar-refractivity contribution in [2.24, 2.45) is 0 Å². The molecule has 2 heterocycles. The van der Waals surface area contributed by atoms with E-state index in [0.717, 1.165) is 5.69 Å². The molecule has 0 saturated carbocycles. The van der Waals surface area contributed by atoms with Crippen LogP contribution >= 0.6 is 0 Å². The first kappa shape index (κ1) is 11.7. The Balaban J connectivity index is 2.16. The summed E-state index contributed by atoms with van der Waals surface area (Å²) >= 11 is 0. The Bertz CT molecular complexity index is 645. The van der Waals surface area contributed by atoms with Gasteiger partial charge in [-0.25, -0.2) is 4.98 Å². The molecule has 3 heteroatoms. The average molecular weight is 249 g/mol. The molecule has 3 nitrogen and oxygen atoms in total. The lowest BCUT2D eigenvalue weighted by atomic mass is 9.87. The van der Waals surface area contributed by atoms with Crippen LogP contribution in [-0.2, 0) is 0 Å². The minimum absolute atomic E-state index is 0.150. The third-order valence-electron chi connectivity index (χ3n) is 3.35. The molecule has 0 spiro atoms. The van der Waals surface area contributed by atoms with E-state index in [1.165, 1.54) is 16.7 Å². The summed E-state index contributed by atoms with van der Waals surface area (Å²) in [6, 6.07) is 12.5. The Hall–Kier alpha value is -2.42. The Morgan fingerprint density at radius 1 is 1.00 bits per heavy atom. The number of imidazole rings is 1. The predicted molar refractivity (Wildman–Crippen MR) is 74.9 cm³/mol. The maximum absolute atomic E-state index is 4.24. The lowest BCUT2D eigenvalue weighted by Gasteiger charge is -2.18. The average Bonchev–Trinajstić information content (AvgIpc) is 2.96. The quantitative estimate of drug-likeness (QED) is 0.773.